The van der Waals surface area contributed by atoms with Crippen LogP contribution in [0.15, 0.2) is 0 Å². The topological polar surface area (TPSA) is 43.8 Å². The Kier molecular flexibility index (Phi) is 5.64. The molecule has 0 aromatic heterocycles. The molecule has 1 unspecified atom stereocenters. The molecule has 0 spiro atoms. The minimum absolute atomic E-state index is 0.259. The zero-order valence-electron chi connectivity index (χ0n) is 12.2. The van der Waals surface area contributed by atoms with Crippen LogP contribution in [0.5, 0.6) is 0 Å². The van der Waals surface area contributed by atoms with Crippen molar-refractivity contribution in [2.45, 2.75) is 64.0 Å². The summed E-state index contributed by atoms with van der Waals surface area (Å²) in [6.07, 6.45) is 8.33. The van der Waals surface area contributed by atoms with Gasteiger partial charge in [-0.3, -0.25) is 14.6 Å². The van der Waals surface area contributed by atoms with Gasteiger partial charge in [0.2, 0.25) is 0 Å². The SMILES string of the molecule is CCCCC(C(=O)O)N1CCN(C2CCCC2)CC1. The van der Waals surface area contributed by atoms with Gasteiger partial charge in [0.25, 0.3) is 0 Å². The number of piperazine rings is 1. The highest BCUT2D eigenvalue weighted by atomic mass is 16.4. The fourth-order valence-electron chi connectivity index (χ4n) is 3.54. The van der Waals surface area contributed by atoms with E-state index in [1.807, 2.05) is 0 Å². The number of nitrogens with zero attached hydrogens (tertiary/aromatic N) is 2. The van der Waals surface area contributed by atoms with Crippen LogP contribution in [0.25, 0.3) is 0 Å². The predicted molar refractivity (Wildman–Crippen MR) is 76.4 cm³/mol. The van der Waals surface area contributed by atoms with E-state index in [-0.39, 0.29) is 6.04 Å². The van der Waals surface area contributed by atoms with Gasteiger partial charge in [-0.2, -0.15) is 0 Å². The van der Waals surface area contributed by atoms with Crippen molar-refractivity contribution in [3.63, 3.8) is 0 Å². The Hall–Kier alpha value is -0.610. The first-order chi connectivity index (χ1) is 9.22. The Morgan fingerprint density at radius 3 is 2.37 bits per heavy atom. The number of hydrogen-bond donors (Lipinski definition) is 1. The third kappa shape index (κ3) is 3.93. The smallest absolute Gasteiger partial charge is 0.320 e. The zero-order chi connectivity index (χ0) is 13.7. The molecule has 0 amide bonds. The van der Waals surface area contributed by atoms with Crippen molar-refractivity contribution >= 4 is 5.97 Å². The number of rotatable bonds is 6. The predicted octanol–water partition coefficient (Wildman–Crippen LogP) is 2.19. The van der Waals surface area contributed by atoms with E-state index >= 15 is 0 Å². The molecule has 1 saturated carbocycles. The molecule has 0 bridgehead atoms. The first kappa shape index (κ1) is 14.8. The van der Waals surface area contributed by atoms with Gasteiger partial charge in [0.05, 0.1) is 0 Å². The second-order valence-corrected chi connectivity index (χ2v) is 6.01. The fourth-order valence-corrected chi connectivity index (χ4v) is 3.54. The largest absolute Gasteiger partial charge is 0.480 e. The zero-order valence-corrected chi connectivity index (χ0v) is 12.2. The second kappa shape index (κ2) is 7.25. The average Bonchev–Trinajstić information content (AvgIpc) is 2.93. The Bertz CT molecular complexity index is 282. The van der Waals surface area contributed by atoms with Crippen LogP contribution in [-0.2, 0) is 4.79 Å². The summed E-state index contributed by atoms with van der Waals surface area (Å²) in [5.74, 6) is -0.636. The van der Waals surface area contributed by atoms with Gasteiger partial charge in [-0.15, -0.1) is 0 Å². The highest BCUT2D eigenvalue weighted by molar-refractivity contribution is 5.73. The van der Waals surface area contributed by atoms with E-state index in [9.17, 15) is 9.90 Å². The van der Waals surface area contributed by atoms with Gasteiger partial charge in [0.1, 0.15) is 6.04 Å². The maximum absolute atomic E-state index is 11.4. The van der Waals surface area contributed by atoms with Gasteiger partial charge in [-0.05, 0) is 19.3 Å². The lowest BCUT2D eigenvalue weighted by atomic mass is 10.1. The lowest BCUT2D eigenvalue weighted by molar-refractivity contribution is -0.144. The molecule has 4 nitrogen and oxygen atoms in total. The van der Waals surface area contributed by atoms with Crippen LogP contribution in [0.3, 0.4) is 0 Å². The van der Waals surface area contributed by atoms with E-state index in [1.165, 1.54) is 25.7 Å². The van der Waals surface area contributed by atoms with Gasteiger partial charge >= 0.3 is 5.97 Å². The van der Waals surface area contributed by atoms with Gasteiger partial charge < -0.3 is 5.11 Å². The molecule has 0 radical (unpaired) electrons. The van der Waals surface area contributed by atoms with Crippen LogP contribution in [-0.4, -0.2) is 59.1 Å². The van der Waals surface area contributed by atoms with Gasteiger partial charge in [-0.1, -0.05) is 32.6 Å². The normalized spacial score (nSPS) is 24.7. The molecule has 1 heterocycles. The summed E-state index contributed by atoms with van der Waals surface area (Å²) in [6.45, 7) is 6.09. The number of carboxylic acids is 1. The van der Waals surface area contributed by atoms with E-state index in [2.05, 4.69) is 16.7 Å². The average molecular weight is 268 g/mol. The first-order valence-corrected chi connectivity index (χ1v) is 7.93. The molecule has 1 atom stereocenters. The molecule has 4 heteroatoms. The van der Waals surface area contributed by atoms with Crippen molar-refractivity contribution in [1.82, 2.24) is 9.80 Å². The second-order valence-electron chi connectivity index (χ2n) is 6.01. The molecule has 1 saturated heterocycles. The minimum atomic E-state index is -0.636. The Morgan fingerprint density at radius 2 is 1.84 bits per heavy atom. The summed E-state index contributed by atoms with van der Waals surface area (Å²) in [6, 6.07) is 0.520. The van der Waals surface area contributed by atoms with Crippen molar-refractivity contribution in [1.29, 1.82) is 0 Å². The maximum Gasteiger partial charge on any atom is 0.320 e. The standard InChI is InChI=1S/C15H28N2O2/c1-2-3-8-14(15(18)19)17-11-9-16(10-12-17)13-6-4-5-7-13/h13-14H,2-12H2,1H3,(H,18,19). The van der Waals surface area contributed by atoms with E-state index in [4.69, 9.17) is 0 Å². The monoisotopic (exact) mass is 268 g/mol. The summed E-state index contributed by atoms with van der Waals surface area (Å²) >= 11 is 0. The highest BCUT2D eigenvalue weighted by Crippen LogP contribution is 2.25. The third-order valence-electron chi connectivity index (χ3n) is 4.75. The van der Waals surface area contributed by atoms with Crippen LogP contribution in [0.4, 0.5) is 0 Å². The molecule has 2 rings (SSSR count). The molecular weight excluding hydrogens is 240 g/mol. The van der Waals surface area contributed by atoms with Crippen molar-refractivity contribution in [2.75, 3.05) is 26.2 Å². The number of unbranched alkanes of at least 4 members (excludes halogenated alkanes) is 1. The Morgan fingerprint density at radius 1 is 1.21 bits per heavy atom. The lowest BCUT2D eigenvalue weighted by Crippen LogP contribution is -2.54. The Balaban J connectivity index is 1.81. The third-order valence-corrected chi connectivity index (χ3v) is 4.75. The highest BCUT2D eigenvalue weighted by Gasteiger charge is 2.31. The molecule has 1 aliphatic carbocycles. The van der Waals surface area contributed by atoms with Crippen molar-refractivity contribution in [3.8, 4) is 0 Å². The molecular formula is C15H28N2O2. The van der Waals surface area contributed by atoms with E-state index < -0.39 is 5.97 Å². The van der Waals surface area contributed by atoms with Crippen LogP contribution in [0.1, 0.15) is 51.9 Å². The molecule has 110 valence electrons. The fraction of sp³-hybridized carbons (Fsp3) is 0.933. The lowest BCUT2D eigenvalue weighted by Gasteiger charge is -2.40. The molecule has 19 heavy (non-hydrogen) atoms. The number of hydrogen-bond acceptors (Lipinski definition) is 3. The van der Waals surface area contributed by atoms with Crippen molar-refractivity contribution < 1.29 is 9.90 Å². The van der Waals surface area contributed by atoms with Crippen LogP contribution in [0.2, 0.25) is 0 Å². The van der Waals surface area contributed by atoms with Crippen LogP contribution >= 0.6 is 0 Å². The van der Waals surface area contributed by atoms with E-state index in [1.54, 1.807) is 0 Å². The number of carboxylic acid groups (broad SMARTS) is 1. The molecule has 0 aromatic rings. The number of carbonyl (C=O) groups is 1. The maximum atomic E-state index is 11.4. The van der Waals surface area contributed by atoms with Crippen molar-refractivity contribution in [3.05, 3.63) is 0 Å². The molecule has 2 fully saturated rings. The molecule has 0 aromatic carbocycles. The molecule has 1 N–H and O–H groups in total. The summed E-state index contributed by atoms with van der Waals surface area (Å²) in [5, 5.41) is 9.37. The van der Waals surface area contributed by atoms with Gasteiger partial charge in [0.15, 0.2) is 0 Å². The van der Waals surface area contributed by atoms with Gasteiger partial charge in [-0.25, -0.2) is 0 Å². The van der Waals surface area contributed by atoms with Gasteiger partial charge in [0, 0.05) is 32.2 Å². The Labute approximate surface area is 116 Å². The van der Waals surface area contributed by atoms with Crippen molar-refractivity contribution in [2.24, 2.45) is 0 Å². The minimum Gasteiger partial charge on any atom is -0.480 e. The molecule has 2 aliphatic rings. The summed E-state index contributed by atoms with van der Waals surface area (Å²) in [5.41, 5.74) is 0. The summed E-state index contributed by atoms with van der Waals surface area (Å²) in [4.78, 5) is 16.2. The summed E-state index contributed by atoms with van der Waals surface area (Å²) < 4.78 is 0. The summed E-state index contributed by atoms with van der Waals surface area (Å²) in [7, 11) is 0. The number of aliphatic carboxylic acids is 1. The van der Waals surface area contributed by atoms with E-state index in [0.717, 1.165) is 51.5 Å². The van der Waals surface area contributed by atoms with Crippen LogP contribution in [0, 0.1) is 0 Å². The van der Waals surface area contributed by atoms with E-state index in [0.29, 0.717) is 0 Å². The molecule has 1 aliphatic heterocycles. The quantitative estimate of drug-likeness (QED) is 0.802. The first-order valence-electron chi connectivity index (χ1n) is 7.93. The van der Waals surface area contributed by atoms with Crippen LogP contribution < -0.4 is 0 Å².